The van der Waals surface area contributed by atoms with Crippen molar-refractivity contribution >= 4 is 33.9 Å². The molecule has 0 saturated heterocycles. The summed E-state index contributed by atoms with van der Waals surface area (Å²) in [6, 6.07) is 5.55. The number of anilines is 1. The Balaban J connectivity index is 1.96. The molecule has 3 heterocycles. The molecule has 1 unspecified atom stereocenters. The molecular formula is C18H17N3O4S. The van der Waals surface area contributed by atoms with Gasteiger partial charge in [0.25, 0.3) is 5.91 Å². The summed E-state index contributed by atoms with van der Waals surface area (Å²) in [5.74, 6) is -0.504. The number of ether oxygens (including phenoxy) is 1. The monoisotopic (exact) mass is 371 g/mol. The number of carboxylic acid groups (broad SMARTS) is 1. The number of aromatic nitrogens is 2. The van der Waals surface area contributed by atoms with Gasteiger partial charge >= 0.3 is 5.97 Å². The van der Waals surface area contributed by atoms with Crippen LogP contribution in [0.3, 0.4) is 0 Å². The van der Waals surface area contributed by atoms with Crippen molar-refractivity contribution in [3.63, 3.8) is 0 Å². The maximum atomic E-state index is 12.2. The van der Waals surface area contributed by atoms with Crippen molar-refractivity contribution in [3.05, 3.63) is 34.5 Å². The van der Waals surface area contributed by atoms with Crippen LogP contribution in [0.5, 0.6) is 5.75 Å². The summed E-state index contributed by atoms with van der Waals surface area (Å²) in [4.78, 5) is 31.5. The van der Waals surface area contributed by atoms with Crippen LogP contribution >= 0.6 is 11.3 Å². The molecule has 0 aliphatic carbocycles. The van der Waals surface area contributed by atoms with E-state index in [2.05, 4.69) is 4.98 Å². The lowest BCUT2D eigenvalue weighted by molar-refractivity contribution is -0.125. The first-order valence-electron chi connectivity index (χ1n) is 8.10. The molecule has 8 heteroatoms. The summed E-state index contributed by atoms with van der Waals surface area (Å²) in [6.45, 7) is 5.34. The van der Waals surface area contributed by atoms with Crippen molar-refractivity contribution in [1.82, 2.24) is 9.38 Å². The van der Waals surface area contributed by atoms with Gasteiger partial charge in [0.05, 0.1) is 17.1 Å². The summed E-state index contributed by atoms with van der Waals surface area (Å²) in [5.41, 5.74) is 2.88. The van der Waals surface area contributed by atoms with Gasteiger partial charge in [-0.3, -0.25) is 9.20 Å². The van der Waals surface area contributed by atoms with Crippen molar-refractivity contribution in [2.24, 2.45) is 0 Å². The number of rotatable bonds is 2. The molecule has 26 heavy (non-hydrogen) atoms. The van der Waals surface area contributed by atoms with Crippen molar-refractivity contribution in [2.45, 2.75) is 26.9 Å². The van der Waals surface area contributed by atoms with E-state index in [1.165, 1.54) is 11.3 Å². The van der Waals surface area contributed by atoms with E-state index in [9.17, 15) is 14.7 Å². The fraction of sp³-hybridized carbons (Fsp3) is 0.278. The van der Waals surface area contributed by atoms with Crippen LogP contribution in [0.4, 0.5) is 5.69 Å². The van der Waals surface area contributed by atoms with Gasteiger partial charge in [0.2, 0.25) is 0 Å². The van der Waals surface area contributed by atoms with Crippen LogP contribution in [0.15, 0.2) is 18.2 Å². The Morgan fingerprint density at radius 2 is 2.08 bits per heavy atom. The van der Waals surface area contributed by atoms with Gasteiger partial charge in [0.15, 0.2) is 16.8 Å². The van der Waals surface area contributed by atoms with E-state index in [-0.39, 0.29) is 11.6 Å². The Bertz CT molecular complexity index is 1080. The summed E-state index contributed by atoms with van der Waals surface area (Å²) in [5, 5.41) is 9.60. The minimum Gasteiger partial charge on any atom is -0.479 e. The van der Waals surface area contributed by atoms with Gasteiger partial charge in [0, 0.05) is 17.5 Å². The number of fused-ring (bicyclic) bond motifs is 2. The average Bonchev–Trinajstić information content (AvgIpc) is 3.05. The van der Waals surface area contributed by atoms with E-state index in [1.54, 1.807) is 30.2 Å². The van der Waals surface area contributed by atoms with Gasteiger partial charge in [-0.25, -0.2) is 9.78 Å². The number of hydrogen-bond acceptors (Lipinski definition) is 5. The third kappa shape index (κ3) is 2.22. The average molecular weight is 371 g/mol. The molecule has 3 aromatic rings. The maximum absolute atomic E-state index is 12.2. The Labute approximate surface area is 153 Å². The number of carboxylic acids is 1. The SMILES string of the molecule is Cc1nc2sc(C)c(-c3ccc4c(c3)N(C)C(=O)C(C)O4)n2c1C(=O)O. The Kier molecular flexibility index (Phi) is 3.55. The number of likely N-dealkylation sites (N-methyl/N-ethyl adjacent to an activating group) is 1. The van der Waals surface area contributed by atoms with E-state index in [0.29, 0.717) is 22.1 Å². The molecule has 2 aromatic heterocycles. The molecule has 1 N–H and O–H groups in total. The van der Waals surface area contributed by atoms with E-state index >= 15 is 0 Å². The lowest BCUT2D eigenvalue weighted by Gasteiger charge is -2.30. The molecule has 7 nitrogen and oxygen atoms in total. The second kappa shape index (κ2) is 5.57. The molecule has 0 radical (unpaired) electrons. The number of thiazole rings is 1. The predicted octanol–water partition coefficient (Wildman–Crippen LogP) is 3.12. The summed E-state index contributed by atoms with van der Waals surface area (Å²) in [7, 11) is 1.71. The number of nitrogens with zero attached hydrogens (tertiary/aromatic N) is 3. The molecule has 1 aliphatic heterocycles. The van der Waals surface area contributed by atoms with Gasteiger partial charge in [-0.15, -0.1) is 11.3 Å². The fourth-order valence-corrected chi connectivity index (χ4v) is 4.40. The molecule has 0 fully saturated rings. The summed E-state index contributed by atoms with van der Waals surface area (Å²) >= 11 is 1.44. The van der Waals surface area contributed by atoms with Gasteiger partial charge in [-0.05, 0) is 39.0 Å². The normalized spacial score (nSPS) is 16.7. The van der Waals surface area contributed by atoms with Crippen LogP contribution in [0.25, 0.3) is 16.2 Å². The molecule has 0 bridgehead atoms. The highest BCUT2D eigenvalue weighted by Gasteiger charge is 2.30. The van der Waals surface area contributed by atoms with E-state index in [1.807, 2.05) is 25.1 Å². The van der Waals surface area contributed by atoms with Crippen LogP contribution in [-0.4, -0.2) is 39.5 Å². The van der Waals surface area contributed by atoms with Crippen LogP contribution in [0.2, 0.25) is 0 Å². The zero-order valence-electron chi connectivity index (χ0n) is 14.7. The van der Waals surface area contributed by atoms with Crippen LogP contribution in [-0.2, 0) is 4.79 Å². The van der Waals surface area contributed by atoms with Gasteiger partial charge in [-0.2, -0.15) is 0 Å². The molecular weight excluding hydrogens is 354 g/mol. The molecule has 1 atom stereocenters. The number of carbonyl (C=O) groups excluding carboxylic acids is 1. The summed E-state index contributed by atoms with van der Waals surface area (Å²) in [6.07, 6.45) is -0.525. The van der Waals surface area contributed by atoms with Crippen molar-refractivity contribution in [1.29, 1.82) is 0 Å². The standard InChI is InChI=1S/C18H17N3O4S/c1-8-14(17(23)24)21-15(10(3)26-18(21)19-8)11-5-6-13-12(7-11)20(4)16(22)9(2)25-13/h5-7,9H,1-4H3,(H,23,24). The molecule has 1 aliphatic rings. The first-order valence-corrected chi connectivity index (χ1v) is 8.91. The van der Waals surface area contributed by atoms with Crippen molar-refractivity contribution in [2.75, 3.05) is 11.9 Å². The van der Waals surface area contributed by atoms with Crippen molar-refractivity contribution in [3.8, 4) is 17.0 Å². The number of aryl methyl sites for hydroxylation is 2. The van der Waals surface area contributed by atoms with Crippen molar-refractivity contribution < 1.29 is 19.4 Å². The van der Waals surface area contributed by atoms with Crippen LogP contribution in [0, 0.1) is 13.8 Å². The first-order chi connectivity index (χ1) is 12.3. The van der Waals surface area contributed by atoms with E-state index in [0.717, 1.165) is 16.1 Å². The molecule has 4 rings (SSSR count). The number of imidazole rings is 1. The lowest BCUT2D eigenvalue weighted by atomic mass is 10.1. The first kappa shape index (κ1) is 16.6. The van der Waals surface area contributed by atoms with Crippen LogP contribution < -0.4 is 9.64 Å². The maximum Gasteiger partial charge on any atom is 0.354 e. The number of hydrogen-bond donors (Lipinski definition) is 1. The Morgan fingerprint density at radius 1 is 1.35 bits per heavy atom. The highest BCUT2D eigenvalue weighted by atomic mass is 32.1. The van der Waals surface area contributed by atoms with Gasteiger partial charge in [0.1, 0.15) is 5.75 Å². The molecule has 0 spiro atoms. The fourth-order valence-electron chi connectivity index (χ4n) is 3.36. The summed E-state index contributed by atoms with van der Waals surface area (Å²) < 4.78 is 7.34. The minimum absolute atomic E-state index is 0.119. The third-order valence-corrected chi connectivity index (χ3v) is 5.56. The Hall–Kier alpha value is -2.87. The molecule has 1 amide bonds. The zero-order valence-corrected chi connectivity index (χ0v) is 15.5. The zero-order chi connectivity index (χ0) is 18.7. The number of aromatic carboxylic acids is 1. The highest BCUT2D eigenvalue weighted by molar-refractivity contribution is 7.17. The predicted molar refractivity (Wildman–Crippen MR) is 98.4 cm³/mol. The number of carbonyl (C=O) groups is 2. The van der Waals surface area contributed by atoms with E-state index in [4.69, 9.17) is 4.74 Å². The molecule has 134 valence electrons. The second-order valence-corrected chi connectivity index (χ2v) is 7.50. The quantitative estimate of drug-likeness (QED) is 0.748. The second-order valence-electron chi connectivity index (χ2n) is 6.32. The van der Waals surface area contributed by atoms with Gasteiger partial charge < -0.3 is 14.7 Å². The minimum atomic E-state index is -1.02. The number of benzene rings is 1. The van der Waals surface area contributed by atoms with Crippen LogP contribution in [0.1, 0.15) is 28.0 Å². The molecule has 1 aromatic carbocycles. The van der Waals surface area contributed by atoms with E-state index < -0.39 is 12.1 Å². The topological polar surface area (TPSA) is 84.1 Å². The Morgan fingerprint density at radius 3 is 2.77 bits per heavy atom. The number of amides is 1. The lowest BCUT2D eigenvalue weighted by Crippen LogP contribution is -2.41. The molecule has 0 saturated carbocycles. The van der Waals surface area contributed by atoms with Gasteiger partial charge in [-0.1, -0.05) is 0 Å². The smallest absolute Gasteiger partial charge is 0.354 e. The highest BCUT2D eigenvalue weighted by Crippen LogP contribution is 2.40. The largest absolute Gasteiger partial charge is 0.479 e. The third-order valence-electron chi connectivity index (χ3n) is 4.60.